The summed E-state index contributed by atoms with van der Waals surface area (Å²) in [4.78, 5) is 13.5. The molecule has 0 saturated carbocycles. The van der Waals surface area contributed by atoms with Crippen molar-refractivity contribution in [3.05, 3.63) is 23.8 Å². The number of amides is 1. The van der Waals surface area contributed by atoms with Gasteiger partial charge in [0.25, 0.3) is 0 Å². The van der Waals surface area contributed by atoms with Gasteiger partial charge in [-0.05, 0) is 31.0 Å². The van der Waals surface area contributed by atoms with Crippen LogP contribution in [0.3, 0.4) is 0 Å². The average Bonchev–Trinajstić information content (AvgIpc) is 2.56. The standard InChI is InChI=1S/C18H27F2NO5S/c1-4-6-7-10-27(23,24)13-17(22)21(3)12-14-8-9-15(26-18(19)20)16(11-14)25-5-2/h8-9,11,18H,4-7,10,12-13H2,1-3H3. The molecule has 6 nitrogen and oxygen atoms in total. The third-order valence-corrected chi connectivity index (χ3v) is 5.37. The van der Waals surface area contributed by atoms with Crippen molar-refractivity contribution in [2.24, 2.45) is 0 Å². The van der Waals surface area contributed by atoms with Gasteiger partial charge in [0, 0.05) is 13.6 Å². The minimum absolute atomic E-state index is 0.00538. The zero-order valence-electron chi connectivity index (χ0n) is 15.9. The molecule has 0 atom stereocenters. The van der Waals surface area contributed by atoms with Gasteiger partial charge in [-0.1, -0.05) is 25.8 Å². The number of sulfone groups is 1. The number of carbonyl (C=O) groups excluding carboxylic acids is 1. The monoisotopic (exact) mass is 407 g/mol. The summed E-state index contributed by atoms with van der Waals surface area (Å²) >= 11 is 0. The van der Waals surface area contributed by atoms with Gasteiger partial charge in [-0.3, -0.25) is 4.79 Å². The Labute approximate surface area is 159 Å². The molecule has 1 aromatic carbocycles. The van der Waals surface area contributed by atoms with E-state index >= 15 is 0 Å². The molecular formula is C18H27F2NO5S. The fourth-order valence-electron chi connectivity index (χ4n) is 2.42. The number of ether oxygens (including phenoxy) is 2. The van der Waals surface area contributed by atoms with Crippen LogP contribution in [0.1, 0.15) is 38.7 Å². The molecule has 154 valence electrons. The highest BCUT2D eigenvalue weighted by molar-refractivity contribution is 7.92. The van der Waals surface area contributed by atoms with E-state index in [9.17, 15) is 22.0 Å². The average molecular weight is 407 g/mol. The van der Waals surface area contributed by atoms with Crippen LogP contribution < -0.4 is 9.47 Å². The lowest BCUT2D eigenvalue weighted by Crippen LogP contribution is -2.33. The lowest BCUT2D eigenvalue weighted by molar-refractivity contribution is -0.127. The molecule has 1 rings (SSSR count). The first-order valence-corrected chi connectivity index (χ1v) is 10.7. The summed E-state index contributed by atoms with van der Waals surface area (Å²) in [5.41, 5.74) is 0.610. The van der Waals surface area contributed by atoms with Crippen LogP contribution in [0.4, 0.5) is 8.78 Å². The lowest BCUT2D eigenvalue weighted by atomic mass is 10.2. The second kappa shape index (κ2) is 11.1. The topological polar surface area (TPSA) is 72.9 Å². The molecule has 27 heavy (non-hydrogen) atoms. The summed E-state index contributed by atoms with van der Waals surface area (Å²) in [7, 11) is -1.95. The second-order valence-electron chi connectivity index (χ2n) is 6.14. The Morgan fingerprint density at radius 3 is 2.48 bits per heavy atom. The summed E-state index contributed by atoms with van der Waals surface area (Å²) in [6.07, 6.45) is 2.24. The Morgan fingerprint density at radius 2 is 1.89 bits per heavy atom. The van der Waals surface area contributed by atoms with Crippen LogP contribution in [0.25, 0.3) is 0 Å². The quantitative estimate of drug-likeness (QED) is 0.498. The van der Waals surface area contributed by atoms with E-state index in [2.05, 4.69) is 4.74 Å². The van der Waals surface area contributed by atoms with Gasteiger partial charge in [0.1, 0.15) is 5.75 Å². The van der Waals surface area contributed by atoms with Gasteiger partial charge >= 0.3 is 6.61 Å². The summed E-state index contributed by atoms with van der Waals surface area (Å²) in [5, 5.41) is 0. The van der Waals surface area contributed by atoms with Gasteiger partial charge in [-0.25, -0.2) is 8.42 Å². The summed E-state index contributed by atoms with van der Waals surface area (Å²) in [5.74, 6) is -1.02. The zero-order chi connectivity index (χ0) is 20.4. The maximum absolute atomic E-state index is 12.4. The molecule has 0 saturated heterocycles. The Balaban J connectivity index is 2.76. The predicted octanol–water partition coefficient (Wildman–Crippen LogP) is 3.25. The lowest BCUT2D eigenvalue weighted by Gasteiger charge is -2.19. The minimum atomic E-state index is -3.45. The minimum Gasteiger partial charge on any atom is -0.490 e. The van der Waals surface area contributed by atoms with Crippen molar-refractivity contribution in [2.75, 3.05) is 25.2 Å². The van der Waals surface area contributed by atoms with E-state index in [-0.39, 0.29) is 30.4 Å². The van der Waals surface area contributed by atoms with E-state index in [1.807, 2.05) is 6.92 Å². The fourth-order valence-corrected chi connectivity index (χ4v) is 3.80. The summed E-state index contributed by atoms with van der Waals surface area (Å²) < 4.78 is 58.6. The van der Waals surface area contributed by atoms with Crippen molar-refractivity contribution in [3.63, 3.8) is 0 Å². The van der Waals surface area contributed by atoms with Gasteiger partial charge in [-0.2, -0.15) is 8.78 Å². The molecule has 0 radical (unpaired) electrons. The molecule has 0 aliphatic carbocycles. The van der Waals surface area contributed by atoms with Crippen LogP contribution in [0.15, 0.2) is 18.2 Å². The molecule has 0 unspecified atom stereocenters. The van der Waals surface area contributed by atoms with E-state index in [4.69, 9.17) is 4.74 Å². The molecule has 0 heterocycles. The van der Waals surface area contributed by atoms with Gasteiger partial charge in [0.05, 0.1) is 12.4 Å². The number of hydrogen-bond acceptors (Lipinski definition) is 5. The van der Waals surface area contributed by atoms with Crippen molar-refractivity contribution < 1.29 is 31.5 Å². The maximum atomic E-state index is 12.4. The third-order valence-electron chi connectivity index (χ3n) is 3.77. The van der Waals surface area contributed by atoms with Gasteiger partial charge in [0.15, 0.2) is 21.3 Å². The molecule has 9 heteroatoms. The van der Waals surface area contributed by atoms with Crippen LogP contribution in [0.2, 0.25) is 0 Å². The number of carbonyl (C=O) groups is 1. The van der Waals surface area contributed by atoms with Gasteiger partial charge < -0.3 is 14.4 Å². The van der Waals surface area contributed by atoms with Crippen molar-refractivity contribution in [3.8, 4) is 11.5 Å². The van der Waals surface area contributed by atoms with Crippen molar-refractivity contribution in [1.82, 2.24) is 4.90 Å². The number of alkyl halides is 2. The highest BCUT2D eigenvalue weighted by Crippen LogP contribution is 2.30. The largest absolute Gasteiger partial charge is 0.490 e. The number of halogens is 2. The van der Waals surface area contributed by atoms with Crippen LogP contribution in [0.5, 0.6) is 11.5 Å². The van der Waals surface area contributed by atoms with E-state index in [0.29, 0.717) is 12.0 Å². The van der Waals surface area contributed by atoms with Crippen molar-refractivity contribution >= 4 is 15.7 Å². The molecule has 0 aromatic heterocycles. The Kier molecular flexibility index (Phi) is 9.48. The van der Waals surface area contributed by atoms with Crippen molar-refractivity contribution in [1.29, 1.82) is 0 Å². The fraction of sp³-hybridized carbons (Fsp3) is 0.611. The van der Waals surface area contributed by atoms with Crippen LogP contribution in [-0.4, -0.2) is 51.0 Å². The van der Waals surface area contributed by atoms with Gasteiger partial charge in [0.2, 0.25) is 5.91 Å². The molecule has 1 aromatic rings. The van der Waals surface area contributed by atoms with Crippen LogP contribution >= 0.6 is 0 Å². The second-order valence-corrected chi connectivity index (χ2v) is 8.33. The zero-order valence-corrected chi connectivity index (χ0v) is 16.7. The van der Waals surface area contributed by atoms with Gasteiger partial charge in [-0.15, -0.1) is 0 Å². The molecule has 0 aliphatic heterocycles. The third kappa shape index (κ3) is 8.55. The number of unbranched alkanes of at least 4 members (excludes halogenated alkanes) is 2. The SMILES string of the molecule is CCCCCS(=O)(=O)CC(=O)N(C)Cc1ccc(OC(F)F)c(OCC)c1. The van der Waals surface area contributed by atoms with E-state index in [1.165, 1.54) is 30.1 Å². The highest BCUT2D eigenvalue weighted by atomic mass is 32.2. The summed E-state index contributed by atoms with van der Waals surface area (Å²) in [6.45, 7) is 1.08. The Morgan fingerprint density at radius 1 is 1.19 bits per heavy atom. The number of rotatable bonds is 12. The van der Waals surface area contributed by atoms with Crippen molar-refractivity contribution in [2.45, 2.75) is 46.3 Å². The number of hydrogen-bond donors (Lipinski definition) is 0. The number of benzene rings is 1. The normalized spacial score (nSPS) is 11.5. The molecule has 0 bridgehead atoms. The highest BCUT2D eigenvalue weighted by Gasteiger charge is 2.20. The molecule has 0 fully saturated rings. The van der Waals surface area contributed by atoms with Crippen LogP contribution in [0, 0.1) is 0 Å². The maximum Gasteiger partial charge on any atom is 0.387 e. The molecular weight excluding hydrogens is 380 g/mol. The summed E-state index contributed by atoms with van der Waals surface area (Å²) in [6, 6.07) is 4.37. The first kappa shape index (κ1) is 23.1. The van der Waals surface area contributed by atoms with Crippen LogP contribution in [-0.2, 0) is 21.2 Å². The first-order valence-electron chi connectivity index (χ1n) is 8.83. The molecule has 0 spiro atoms. The smallest absolute Gasteiger partial charge is 0.387 e. The molecule has 0 N–H and O–H groups in total. The van der Waals surface area contributed by atoms with E-state index < -0.39 is 28.1 Å². The van der Waals surface area contributed by atoms with E-state index in [1.54, 1.807) is 6.92 Å². The Bertz CT molecular complexity index is 710. The predicted molar refractivity (Wildman–Crippen MR) is 98.9 cm³/mol. The first-order chi connectivity index (χ1) is 12.7. The van der Waals surface area contributed by atoms with E-state index in [0.717, 1.165) is 12.8 Å². The Hall–Kier alpha value is -1.90. The molecule has 1 amide bonds. The molecule has 0 aliphatic rings. The number of nitrogens with zero attached hydrogens (tertiary/aromatic N) is 1.